The smallest absolute Gasteiger partial charge is 0.280 e. The molecule has 0 saturated carbocycles. The van der Waals surface area contributed by atoms with Gasteiger partial charge in [0.2, 0.25) is 0 Å². The summed E-state index contributed by atoms with van der Waals surface area (Å²) < 4.78 is 2.61. The summed E-state index contributed by atoms with van der Waals surface area (Å²) in [6, 6.07) is 0. The van der Waals surface area contributed by atoms with E-state index in [1.807, 2.05) is 0 Å². The van der Waals surface area contributed by atoms with Gasteiger partial charge in [-0.3, -0.25) is 13.9 Å². The summed E-state index contributed by atoms with van der Waals surface area (Å²) in [7, 11) is 3.18. The van der Waals surface area contributed by atoms with Crippen molar-refractivity contribution in [2.45, 2.75) is 44.4 Å². The monoisotopic (exact) mass is 321 g/mol. The molecule has 6 heteroatoms. The predicted molar refractivity (Wildman–Crippen MR) is 91.9 cm³/mol. The zero-order chi connectivity index (χ0) is 16.4. The quantitative estimate of drug-likeness (QED) is 0.627. The second-order valence-electron chi connectivity index (χ2n) is 5.80. The maximum absolute atomic E-state index is 12.6. The number of thioether (sulfide) groups is 1. The van der Waals surface area contributed by atoms with Crippen LogP contribution >= 0.6 is 11.8 Å². The van der Waals surface area contributed by atoms with Gasteiger partial charge in [0.05, 0.1) is 5.39 Å². The summed E-state index contributed by atoms with van der Waals surface area (Å²) in [5.74, 6) is 1.24. The Morgan fingerprint density at radius 2 is 1.91 bits per heavy atom. The van der Waals surface area contributed by atoms with Crippen molar-refractivity contribution in [1.29, 1.82) is 0 Å². The van der Waals surface area contributed by atoms with E-state index in [-0.39, 0.29) is 17.2 Å². The van der Waals surface area contributed by atoms with Crippen LogP contribution in [0.4, 0.5) is 0 Å². The van der Waals surface area contributed by atoms with Crippen molar-refractivity contribution in [3.63, 3.8) is 0 Å². The average Bonchev–Trinajstić information content (AvgIpc) is 2.50. The van der Waals surface area contributed by atoms with Crippen LogP contribution in [0.5, 0.6) is 0 Å². The molecule has 0 radical (unpaired) electrons. The van der Waals surface area contributed by atoms with Crippen LogP contribution in [0.25, 0.3) is 11.0 Å². The average molecular weight is 321 g/mol. The van der Waals surface area contributed by atoms with E-state index in [0.29, 0.717) is 11.0 Å². The van der Waals surface area contributed by atoms with Crippen molar-refractivity contribution in [2.24, 2.45) is 14.1 Å². The number of nitrogens with zero attached hydrogens (tertiary/aromatic N) is 3. The fourth-order valence-corrected chi connectivity index (χ4v) is 3.82. The lowest BCUT2D eigenvalue weighted by molar-refractivity contribution is 0.703. The molecule has 22 heavy (non-hydrogen) atoms. The number of hydrogen-bond acceptors (Lipinski definition) is 4. The van der Waals surface area contributed by atoms with E-state index in [9.17, 15) is 9.59 Å². The molecule has 0 aliphatic carbocycles. The zero-order valence-corrected chi connectivity index (χ0v) is 14.7. The molecule has 0 bridgehead atoms. The maximum Gasteiger partial charge on any atom is 0.332 e. The Morgan fingerprint density at radius 1 is 1.23 bits per heavy atom. The molecule has 0 aromatic carbocycles. The molecule has 0 N–H and O–H groups in total. The van der Waals surface area contributed by atoms with Crippen LogP contribution in [0, 0.1) is 0 Å². The molecule has 0 amide bonds. The molecule has 120 valence electrons. The van der Waals surface area contributed by atoms with E-state index in [4.69, 9.17) is 0 Å². The first kappa shape index (κ1) is 16.8. The third-order valence-electron chi connectivity index (χ3n) is 3.82. The molecule has 0 aliphatic heterocycles. The van der Waals surface area contributed by atoms with Crippen molar-refractivity contribution in [1.82, 2.24) is 14.1 Å². The van der Waals surface area contributed by atoms with Gasteiger partial charge < -0.3 is 0 Å². The zero-order valence-electron chi connectivity index (χ0n) is 13.8. The Morgan fingerprint density at radius 3 is 2.50 bits per heavy atom. The molecule has 0 unspecified atom stereocenters. The normalized spacial score (nSPS) is 11.5. The molecule has 0 fully saturated rings. The van der Waals surface area contributed by atoms with Crippen LogP contribution in [-0.4, -0.2) is 19.9 Å². The number of fused-ring (bicyclic) bond motifs is 1. The van der Waals surface area contributed by atoms with Gasteiger partial charge in [0, 0.05) is 25.2 Å². The van der Waals surface area contributed by atoms with Crippen LogP contribution in [0.2, 0.25) is 0 Å². The van der Waals surface area contributed by atoms with Crippen LogP contribution < -0.4 is 11.2 Å². The largest absolute Gasteiger partial charge is 0.332 e. The van der Waals surface area contributed by atoms with Crippen molar-refractivity contribution in [2.75, 3.05) is 5.75 Å². The minimum absolute atomic E-state index is 0.257. The van der Waals surface area contributed by atoms with Crippen molar-refractivity contribution in [3.05, 3.63) is 32.6 Å². The molecular weight excluding hydrogens is 298 g/mol. The Kier molecular flexibility index (Phi) is 5.11. The fourth-order valence-electron chi connectivity index (χ4n) is 2.40. The highest BCUT2D eigenvalue weighted by Gasteiger charge is 2.18. The second kappa shape index (κ2) is 6.69. The number of pyridine rings is 1. The van der Waals surface area contributed by atoms with E-state index >= 15 is 0 Å². The summed E-state index contributed by atoms with van der Waals surface area (Å²) in [5, 5.41) is 0.567. The third kappa shape index (κ3) is 2.84. The molecule has 2 aromatic rings. The number of aryl methyl sites for hydroxylation is 1. The Labute approximate surface area is 134 Å². The first-order chi connectivity index (χ1) is 10.4. The van der Waals surface area contributed by atoms with E-state index in [1.54, 1.807) is 25.0 Å². The molecule has 0 spiro atoms. The van der Waals surface area contributed by atoms with Gasteiger partial charge in [-0.2, -0.15) is 0 Å². The second-order valence-corrected chi connectivity index (χ2v) is 6.91. The molecular formula is C16H23N3O2S. The third-order valence-corrected chi connectivity index (χ3v) is 5.04. The summed E-state index contributed by atoms with van der Waals surface area (Å²) in [5.41, 5.74) is 0.944. The van der Waals surface area contributed by atoms with Gasteiger partial charge in [0.25, 0.3) is 5.56 Å². The van der Waals surface area contributed by atoms with Gasteiger partial charge in [0.15, 0.2) is 0 Å². The van der Waals surface area contributed by atoms with Crippen LogP contribution in [-0.2, 0) is 14.1 Å². The lowest BCUT2D eigenvalue weighted by atomic mass is 10.0. The van der Waals surface area contributed by atoms with Gasteiger partial charge in [0.1, 0.15) is 5.65 Å². The van der Waals surface area contributed by atoms with Crippen molar-refractivity contribution < 1.29 is 0 Å². The summed E-state index contributed by atoms with van der Waals surface area (Å²) in [4.78, 5) is 30.1. The first-order valence-electron chi connectivity index (χ1n) is 7.61. The van der Waals surface area contributed by atoms with Crippen molar-refractivity contribution >= 4 is 22.8 Å². The first-order valence-corrected chi connectivity index (χ1v) is 8.60. The molecule has 5 nitrogen and oxygen atoms in total. The van der Waals surface area contributed by atoms with E-state index in [2.05, 4.69) is 25.8 Å². The van der Waals surface area contributed by atoms with E-state index in [0.717, 1.165) is 33.6 Å². The molecule has 2 aromatic heterocycles. The van der Waals surface area contributed by atoms with Gasteiger partial charge in [-0.05, 0) is 23.7 Å². The van der Waals surface area contributed by atoms with E-state index < -0.39 is 0 Å². The molecule has 2 heterocycles. The number of rotatable bonds is 5. The molecule has 0 atom stereocenters. The number of aromatic nitrogens is 3. The standard InChI is InChI=1S/C16H23N3O2S/c1-6-7-8-22-13-11(10(2)3)9-17-14-12(13)15(20)19(5)16(21)18(14)4/h9-10H,6-8H2,1-5H3. The lowest BCUT2D eigenvalue weighted by Gasteiger charge is -2.16. The Balaban J connectivity index is 2.83. The highest BCUT2D eigenvalue weighted by molar-refractivity contribution is 7.99. The minimum atomic E-state index is -0.341. The highest BCUT2D eigenvalue weighted by Crippen LogP contribution is 2.32. The summed E-state index contributed by atoms with van der Waals surface area (Å²) in [6.45, 7) is 6.34. The van der Waals surface area contributed by atoms with Gasteiger partial charge in [-0.25, -0.2) is 9.78 Å². The molecule has 0 aliphatic rings. The topological polar surface area (TPSA) is 56.9 Å². The van der Waals surface area contributed by atoms with Gasteiger partial charge in [-0.15, -0.1) is 11.8 Å². The Hall–Kier alpha value is -1.56. The summed E-state index contributed by atoms with van der Waals surface area (Å²) in [6.07, 6.45) is 4.02. The maximum atomic E-state index is 12.6. The van der Waals surface area contributed by atoms with Gasteiger partial charge >= 0.3 is 5.69 Å². The fraction of sp³-hybridized carbons (Fsp3) is 0.562. The number of unbranched alkanes of at least 4 members (excludes halogenated alkanes) is 1. The van der Waals surface area contributed by atoms with Crippen LogP contribution in [0.15, 0.2) is 20.7 Å². The summed E-state index contributed by atoms with van der Waals surface area (Å²) >= 11 is 1.70. The Bertz CT molecular complexity index is 806. The van der Waals surface area contributed by atoms with Crippen molar-refractivity contribution in [3.8, 4) is 0 Å². The minimum Gasteiger partial charge on any atom is -0.280 e. The molecule has 2 rings (SSSR count). The van der Waals surface area contributed by atoms with Crippen LogP contribution in [0.1, 0.15) is 45.1 Å². The van der Waals surface area contributed by atoms with Crippen LogP contribution in [0.3, 0.4) is 0 Å². The molecule has 0 saturated heterocycles. The van der Waals surface area contributed by atoms with E-state index in [1.165, 1.54) is 11.6 Å². The SMILES string of the molecule is CCCCSc1c(C(C)C)cnc2c1c(=O)n(C)c(=O)n2C. The number of hydrogen-bond donors (Lipinski definition) is 0. The van der Waals surface area contributed by atoms with Gasteiger partial charge in [-0.1, -0.05) is 27.2 Å². The predicted octanol–water partition coefficient (Wildman–Crippen LogP) is 2.65. The lowest BCUT2D eigenvalue weighted by Crippen LogP contribution is -2.37. The highest BCUT2D eigenvalue weighted by atomic mass is 32.2.